The van der Waals surface area contributed by atoms with Gasteiger partial charge in [0.15, 0.2) is 16.4 Å². The van der Waals surface area contributed by atoms with Gasteiger partial charge < -0.3 is 4.74 Å². The normalized spacial score (nSPS) is 9.50. The summed E-state index contributed by atoms with van der Waals surface area (Å²) in [6, 6.07) is 3.71. The zero-order chi connectivity index (χ0) is 9.14. The van der Waals surface area contributed by atoms with E-state index in [-0.39, 0.29) is 16.3 Å². The van der Waals surface area contributed by atoms with E-state index in [0.717, 1.165) is 6.07 Å². The lowest BCUT2D eigenvalue weighted by Crippen LogP contribution is -2.08. The number of benzene rings is 1. The summed E-state index contributed by atoms with van der Waals surface area (Å²) in [5, 5.41) is 0. The number of halogens is 1. The summed E-state index contributed by atoms with van der Waals surface area (Å²) in [7, 11) is 1.34. The van der Waals surface area contributed by atoms with Gasteiger partial charge in [0.1, 0.15) is 0 Å². The average Bonchev–Trinajstić information content (AvgIpc) is 2.04. The van der Waals surface area contributed by atoms with Crippen LogP contribution in [0.5, 0.6) is 5.75 Å². The topological polar surface area (TPSA) is 55.3 Å². The third-order valence-corrected chi connectivity index (χ3v) is 1.39. The van der Waals surface area contributed by atoms with Crippen molar-refractivity contribution in [1.29, 1.82) is 0 Å². The van der Waals surface area contributed by atoms with Crippen molar-refractivity contribution in [3.63, 3.8) is 0 Å². The number of ether oxygens (including phenoxy) is 1. The van der Waals surface area contributed by atoms with Gasteiger partial charge in [-0.25, -0.2) is 4.39 Å². The number of hydrazine groups is 1. The molecule has 1 rings (SSSR count). The first-order valence-corrected chi connectivity index (χ1v) is 3.20. The first kappa shape index (κ1) is 8.45. The molecule has 64 valence electrons. The second-order valence-corrected chi connectivity index (χ2v) is 2.14. The monoisotopic (exact) mass is 171 g/mol. The molecule has 0 aliphatic carbocycles. The van der Waals surface area contributed by atoms with E-state index in [1.54, 1.807) is 0 Å². The fourth-order valence-electron chi connectivity index (χ4n) is 0.792. The zero-order valence-corrected chi connectivity index (χ0v) is 6.45. The van der Waals surface area contributed by atoms with Crippen LogP contribution in [0.15, 0.2) is 18.2 Å². The minimum atomic E-state index is -0.610. The predicted octanol–water partition coefficient (Wildman–Crippen LogP) is 1.12. The molecule has 0 saturated carbocycles. The van der Waals surface area contributed by atoms with Gasteiger partial charge in [0.25, 0.3) is 5.69 Å². The summed E-state index contributed by atoms with van der Waals surface area (Å²) < 4.78 is 17.5. The molecule has 1 aromatic rings. The van der Waals surface area contributed by atoms with Crippen LogP contribution in [0.4, 0.5) is 10.1 Å². The highest BCUT2D eigenvalue weighted by Crippen LogP contribution is 2.20. The third-order valence-electron chi connectivity index (χ3n) is 1.39. The smallest absolute Gasteiger partial charge is 0.294 e. The summed E-state index contributed by atoms with van der Waals surface area (Å²) in [4.78, 5) is 10.6. The van der Waals surface area contributed by atoms with Crippen LogP contribution in [0, 0.1) is 10.7 Å². The Morgan fingerprint density at radius 3 is 2.67 bits per heavy atom. The molecule has 0 saturated heterocycles. The van der Waals surface area contributed by atoms with E-state index in [1.807, 2.05) is 0 Å². The second kappa shape index (κ2) is 3.17. The molecule has 5 heteroatoms. The maximum atomic E-state index is 12.9. The third kappa shape index (κ3) is 1.50. The number of nitroso groups, excluding NO2 is 1. The summed E-state index contributed by atoms with van der Waals surface area (Å²) in [6.07, 6.45) is 0. The van der Waals surface area contributed by atoms with Crippen molar-refractivity contribution < 1.29 is 14.0 Å². The summed E-state index contributed by atoms with van der Waals surface area (Å²) in [5.74, 6) is 4.32. The van der Waals surface area contributed by atoms with E-state index in [0.29, 0.717) is 0 Å². The molecule has 0 aromatic heterocycles. The summed E-state index contributed by atoms with van der Waals surface area (Å²) in [5.41, 5.74) is 0.0494. The molecule has 0 heterocycles. The van der Waals surface area contributed by atoms with Crippen molar-refractivity contribution >= 4 is 5.69 Å². The minimum absolute atomic E-state index is 0.0494. The molecule has 0 atom stereocenters. The Bertz CT molecular complexity index is 314. The van der Waals surface area contributed by atoms with Crippen molar-refractivity contribution in [2.75, 3.05) is 7.11 Å². The number of hydrogen-bond acceptors (Lipinski definition) is 2. The van der Waals surface area contributed by atoms with E-state index < -0.39 is 5.82 Å². The van der Waals surface area contributed by atoms with Crippen LogP contribution < -0.4 is 10.6 Å². The zero-order valence-electron chi connectivity index (χ0n) is 6.45. The quantitative estimate of drug-likeness (QED) is 0.412. The maximum Gasteiger partial charge on any atom is 0.294 e. The van der Waals surface area contributed by atoms with E-state index >= 15 is 0 Å². The fourth-order valence-corrected chi connectivity index (χ4v) is 0.792. The molecule has 0 unspecified atom stereocenters. The fraction of sp³-hybridized carbons (Fsp3) is 0.143. The highest BCUT2D eigenvalue weighted by molar-refractivity contribution is 5.37. The minimum Gasteiger partial charge on any atom is -0.494 e. The number of nitrogens with two attached hydrogens (primary N) is 1. The molecule has 0 amide bonds. The van der Waals surface area contributed by atoms with Gasteiger partial charge in [0.05, 0.1) is 18.1 Å². The van der Waals surface area contributed by atoms with Gasteiger partial charge in [-0.15, -0.1) is 0 Å². The number of nitrogens with zero attached hydrogens (tertiary/aromatic N) is 1. The molecule has 0 fully saturated rings. The standard InChI is InChI=1S/C7H8FN2O2/c1-12-7-3-2-5(10(9)11)4-6(7)8/h2-4H,1H3,(H2,9,11)/q+1. The van der Waals surface area contributed by atoms with Gasteiger partial charge in [-0.1, -0.05) is 0 Å². The van der Waals surface area contributed by atoms with Crippen LogP contribution in [-0.2, 0) is 0 Å². The molecular formula is C7H8FN2O2+. The van der Waals surface area contributed by atoms with Crippen LogP contribution in [-0.4, -0.2) is 12.0 Å². The van der Waals surface area contributed by atoms with Crippen LogP contribution in [0.25, 0.3) is 0 Å². The highest BCUT2D eigenvalue weighted by Gasteiger charge is 2.12. The van der Waals surface area contributed by atoms with Gasteiger partial charge in [0.2, 0.25) is 0 Å². The molecule has 4 nitrogen and oxygen atoms in total. The molecule has 0 bridgehead atoms. The largest absolute Gasteiger partial charge is 0.494 e. The highest BCUT2D eigenvalue weighted by atomic mass is 19.1. The van der Waals surface area contributed by atoms with E-state index in [1.165, 1.54) is 19.2 Å². The van der Waals surface area contributed by atoms with Crippen molar-refractivity contribution in [3.8, 4) is 5.75 Å². The Labute approximate surface area is 68.3 Å². The van der Waals surface area contributed by atoms with Gasteiger partial charge >= 0.3 is 0 Å². The first-order valence-electron chi connectivity index (χ1n) is 3.20. The number of methoxy groups -OCH3 is 1. The molecule has 0 spiro atoms. The lowest BCUT2D eigenvalue weighted by molar-refractivity contribution is -0.474. The van der Waals surface area contributed by atoms with E-state index in [2.05, 4.69) is 4.74 Å². The van der Waals surface area contributed by atoms with Crippen molar-refractivity contribution in [2.24, 2.45) is 5.84 Å². The summed E-state index contributed by atoms with van der Waals surface area (Å²) in [6.45, 7) is 0. The van der Waals surface area contributed by atoms with Gasteiger partial charge in [-0.05, 0) is 6.07 Å². The van der Waals surface area contributed by atoms with Gasteiger partial charge in [-0.2, -0.15) is 5.84 Å². The molecule has 0 aliphatic rings. The second-order valence-electron chi connectivity index (χ2n) is 2.14. The van der Waals surface area contributed by atoms with Gasteiger partial charge in [-0.3, -0.25) is 0 Å². The molecule has 2 N–H and O–H groups in total. The Kier molecular flexibility index (Phi) is 2.23. The lowest BCUT2D eigenvalue weighted by Gasteiger charge is -1.98. The lowest BCUT2D eigenvalue weighted by atomic mass is 10.3. The number of rotatable bonds is 2. The Hall–Kier alpha value is -1.65. The Balaban J connectivity index is 3.10. The van der Waals surface area contributed by atoms with Crippen molar-refractivity contribution in [2.45, 2.75) is 0 Å². The van der Waals surface area contributed by atoms with Crippen molar-refractivity contribution in [1.82, 2.24) is 0 Å². The van der Waals surface area contributed by atoms with Crippen LogP contribution in [0.3, 0.4) is 0 Å². The van der Waals surface area contributed by atoms with Crippen LogP contribution in [0.1, 0.15) is 0 Å². The molecule has 1 aromatic carbocycles. The Morgan fingerprint density at radius 1 is 1.58 bits per heavy atom. The molecule has 0 radical (unpaired) electrons. The van der Waals surface area contributed by atoms with Gasteiger partial charge in [0, 0.05) is 6.07 Å². The van der Waals surface area contributed by atoms with Crippen molar-refractivity contribution in [3.05, 3.63) is 28.9 Å². The maximum absolute atomic E-state index is 12.9. The van der Waals surface area contributed by atoms with E-state index in [4.69, 9.17) is 5.84 Å². The van der Waals surface area contributed by atoms with E-state index in [9.17, 15) is 9.30 Å². The average molecular weight is 171 g/mol. The van der Waals surface area contributed by atoms with Crippen LogP contribution in [0.2, 0.25) is 0 Å². The Morgan fingerprint density at radius 2 is 2.25 bits per heavy atom. The number of hydrogen-bond donors (Lipinski definition) is 1. The molecular weight excluding hydrogens is 163 g/mol. The first-order chi connectivity index (χ1) is 5.65. The van der Waals surface area contributed by atoms with Crippen LogP contribution >= 0.6 is 0 Å². The molecule has 12 heavy (non-hydrogen) atoms. The predicted molar refractivity (Wildman–Crippen MR) is 40.4 cm³/mol. The molecule has 0 aliphatic heterocycles. The summed E-state index contributed by atoms with van der Waals surface area (Å²) >= 11 is 0. The SMILES string of the molecule is COc1ccc([N+](N)=O)cc1F.